The molecule has 11 heteroatoms. The second-order valence-corrected chi connectivity index (χ2v) is 7.54. The Morgan fingerprint density at radius 1 is 1.19 bits per heavy atom. The third-order valence-electron chi connectivity index (χ3n) is 5.48. The van der Waals surface area contributed by atoms with Gasteiger partial charge in [0, 0.05) is 6.61 Å². The zero-order valence-corrected chi connectivity index (χ0v) is 16.5. The number of halogens is 1. The van der Waals surface area contributed by atoms with Crippen LogP contribution in [0.5, 0.6) is 5.75 Å². The Labute approximate surface area is 176 Å². The predicted molar refractivity (Wildman–Crippen MR) is 106 cm³/mol. The topological polar surface area (TPSA) is 124 Å². The van der Waals surface area contributed by atoms with Crippen molar-refractivity contribution in [1.29, 1.82) is 0 Å². The van der Waals surface area contributed by atoms with E-state index in [1.54, 1.807) is 16.7 Å². The quantitative estimate of drug-likeness (QED) is 0.521. The van der Waals surface area contributed by atoms with Crippen molar-refractivity contribution in [3.05, 3.63) is 42.7 Å². The molecule has 3 aromatic rings. The second-order valence-electron chi connectivity index (χ2n) is 7.54. The number of aliphatic hydroxyl groups is 2. The van der Waals surface area contributed by atoms with Crippen molar-refractivity contribution in [3.8, 4) is 5.75 Å². The zero-order chi connectivity index (χ0) is 21.4. The molecule has 0 bridgehead atoms. The Bertz CT molecular complexity index is 1060. The van der Waals surface area contributed by atoms with Gasteiger partial charge in [-0.25, -0.2) is 19.3 Å². The van der Waals surface area contributed by atoms with Crippen LogP contribution in [0.2, 0.25) is 0 Å². The summed E-state index contributed by atoms with van der Waals surface area (Å²) < 4.78 is 32.0. The lowest BCUT2D eigenvalue weighted by Crippen LogP contribution is -2.34. The van der Waals surface area contributed by atoms with Gasteiger partial charge < -0.3 is 29.7 Å². The maximum Gasteiger partial charge on any atom is 0.167 e. The van der Waals surface area contributed by atoms with Gasteiger partial charge in [-0.3, -0.25) is 4.57 Å². The number of imidazole rings is 1. The molecule has 5 atom stereocenters. The minimum Gasteiger partial charge on any atom is -0.488 e. The third kappa shape index (κ3) is 3.81. The van der Waals surface area contributed by atoms with Gasteiger partial charge in [-0.2, -0.15) is 0 Å². The minimum absolute atomic E-state index is 0.0451. The number of hydrogen-bond acceptors (Lipinski definition) is 9. The Hall–Kier alpha value is -2.86. The molecule has 2 aliphatic heterocycles. The number of nitrogens with one attached hydrogen (secondary N) is 1. The molecule has 2 aliphatic rings. The summed E-state index contributed by atoms with van der Waals surface area (Å²) >= 11 is 0. The van der Waals surface area contributed by atoms with Gasteiger partial charge in [-0.1, -0.05) is 12.1 Å². The lowest BCUT2D eigenvalue weighted by molar-refractivity contribution is -0.0477. The number of rotatable bonds is 6. The van der Waals surface area contributed by atoms with Crippen molar-refractivity contribution in [2.75, 3.05) is 25.1 Å². The van der Waals surface area contributed by atoms with Crippen LogP contribution in [0.25, 0.3) is 11.2 Å². The van der Waals surface area contributed by atoms with Crippen LogP contribution >= 0.6 is 0 Å². The maximum absolute atomic E-state index is 13.8. The molecule has 164 valence electrons. The SMILES string of the molecule is O[C@@H]1[C@H](O)[C@@H](COc2ccccc2F)O[C@H]1n1cnc2c(N[C@@H]3CCOC3)ncnc21. The van der Waals surface area contributed by atoms with E-state index in [2.05, 4.69) is 20.3 Å². The number of nitrogens with zero attached hydrogens (tertiary/aromatic N) is 4. The van der Waals surface area contributed by atoms with E-state index in [0.717, 1.165) is 6.42 Å². The van der Waals surface area contributed by atoms with Gasteiger partial charge in [0.1, 0.15) is 31.2 Å². The molecule has 0 aliphatic carbocycles. The van der Waals surface area contributed by atoms with E-state index in [1.165, 1.54) is 24.8 Å². The van der Waals surface area contributed by atoms with Crippen molar-refractivity contribution in [2.45, 2.75) is 37.0 Å². The summed E-state index contributed by atoms with van der Waals surface area (Å²) in [5.74, 6) is 0.0903. The molecule has 0 unspecified atom stereocenters. The number of ether oxygens (including phenoxy) is 3. The smallest absolute Gasteiger partial charge is 0.167 e. The van der Waals surface area contributed by atoms with Crippen molar-refractivity contribution in [3.63, 3.8) is 0 Å². The van der Waals surface area contributed by atoms with Gasteiger partial charge in [0.05, 0.1) is 19.0 Å². The summed E-state index contributed by atoms with van der Waals surface area (Å²) in [5.41, 5.74) is 0.967. The van der Waals surface area contributed by atoms with Gasteiger partial charge in [0.15, 0.2) is 34.8 Å². The Kier molecular flexibility index (Phi) is 5.40. The van der Waals surface area contributed by atoms with E-state index in [4.69, 9.17) is 14.2 Å². The first-order chi connectivity index (χ1) is 15.1. The average Bonchev–Trinajstić information content (AvgIpc) is 3.50. The van der Waals surface area contributed by atoms with Crippen LogP contribution in [0.15, 0.2) is 36.9 Å². The number of aromatic nitrogens is 4. The first kappa shape index (κ1) is 20.1. The molecule has 0 saturated carbocycles. The van der Waals surface area contributed by atoms with E-state index in [1.807, 2.05) is 0 Å². The molecule has 31 heavy (non-hydrogen) atoms. The molecule has 0 spiro atoms. The molecule has 10 nitrogen and oxygen atoms in total. The Morgan fingerprint density at radius 2 is 2.06 bits per heavy atom. The maximum atomic E-state index is 13.8. The number of hydrogen-bond donors (Lipinski definition) is 3. The second kappa shape index (κ2) is 8.35. The number of aliphatic hydroxyl groups excluding tert-OH is 2. The first-order valence-electron chi connectivity index (χ1n) is 10.0. The number of para-hydroxylation sites is 1. The minimum atomic E-state index is -1.25. The molecule has 3 N–H and O–H groups in total. The van der Waals surface area contributed by atoms with Crippen LogP contribution in [-0.4, -0.2) is 73.9 Å². The molecule has 1 aromatic carbocycles. The summed E-state index contributed by atoms with van der Waals surface area (Å²) in [7, 11) is 0. The summed E-state index contributed by atoms with van der Waals surface area (Å²) in [6.07, 6.45) is -0.539. The molecular weight excluding hydrogens is 409 g/mol. The normalized spacial score (nSPS) is 28.3. The highest BCUT2D eigenvalue weighted by Crippen LogP contribution is 2.33. The fraction of sp³-hybridized carbons (Fsp3) is 0.450. The van der Waals surface area contributed by atoms with E-state index in [9.17, 15) is 14.6 Å². The summed E-state index contributed by atoms with van der Waals surface area (Å²) in [5, 5.41) is 24.3. The van der Waals surface area contributed by atoms with Crippen LogP contribution < -0.4 is 10.1 Å². The van der Waals surface area contributed by atoms with Gasteiger partial charge in [0.25, 0.3) is 0 Å². The third-order valence-corrected chi connectivity index (χ3v) is 5.48. The summed E-state index contributed by atoms with van der Waals surface area (Å²) in [6.45, 7) is 1.15. The molecule has 2 aromatic heterocycles. The molecule has 4 heterocycles. The first-order valence-corrected chi connectivity index (χ1v) is 10.0. The number of anilines is 1. The van der Waals surface area contributed by atoms with Crippen molar-refractivity contribution in [1.82, 2.24) is 19.5 Å². The average molecular weight is 431 g/mol. The van der Waals surface area contributed by atoms with Crippen LogP contribution in [0.4, 0.5) is 10.2 Å². The van der Waals surface area contributed by atoms with Crippen molar-refractivity contribution < 1.29 is 28.8 Å². The van der Waals surface area contributed by atoms with Crippen LogP contribution in [0.1, 0.15) is 12.6 Å². The lowest BCUT2D eigenvalue weighted by atomic mass is 10.1. The largest absolute Gasteiger partial charge is 0.488 e. The van der Waals surface area contributed by atoms with E-state index >= 15 is 0 Å². The van der Waals surface area contributed by atoms with E-state index in [-0.39, 0.29) is 18.4 Å². The Morgan fingerprint density at radius 3 is 2.87 bits per heavy atom. The number of benzene rings is 1. The van der Waals surface area contributed by atoms with Gasteiger partial charge in [0.2, 0.25) is 0 Å². The highest BCUT2D eigenvalue weighted by Gasteiger charge is 2.44. The zero-order valence-electron chi connectivity index (χ0n) is 16.5. The highest BCUT2D eigenvalue weighted by atomic mass is 19.1. The molecule has 2 fully saturated rings. The lowest BCUT2D eigenvalue weighted by Gasteiger charge is -2.17. The molecule has 0 amide bonds. The van der Waals surface area contributed by atoms with Crippen molar-refractivity contribution in [2.24, 2.45) is 0 Å². The predicted octanol–water partition coefficient (Wildman–Crippen LogP) is 0.864. The van der Waals surface area contributed by atoms with Crippen LogP contribution in [0.3, 0.4) is 0 Å². The summed E-state index contributed by atoms with van der Waals surface area (Å²) in [4.78, 5) is 12.9. The van der Waals surface area contributed by atoms with Gasteiger partial charge in [-0.05, 0) is 18.6 Å². The fourth-order valence-corrected chi connectivity index (χ4v) is 3.82. The highest BCUT2D eigenvalue weighted by molar-refractivity contribution is 5.82. The van der Waals surface area contributed by atoms with Crippen LogP contribution in [0, 0.1) is 5.82 Å². The molecular formula is C20H22FN5O5. The molecule has 5 rings (SSSR count). The monoisotopic (exact) mass is 431 g/mol. The van der Waals surface area contributed by atoms with E-state index in [0.29, 0.717) is 30.2 Å². The fourth-order valence-electron chi connectivity index (χ4n) is 3.82. The van der Waals surface area contributed by atoms with E-state index < -0.39 is 30.4 Å². The molecule has 2 saturated heterocycles. The summed E-state index contributed by atoms with van der Waals surface area (Å²) in [6, 6.07) is 6.09. The Balaban J connectivity index is 1.34. The molecule has 0 radical (unpaired) electrons. The van der Waals surface area contributed by atoms with Crippen molar-refractivity contribution >= 4 is 17.0 Å². The van der Waals surface area contributed by atoms with Gasteiger partial charge in [-0.15, -0.1) is 0 Å². The number of fused-ring (bicyclic) bond motifs is 1. The van der Waals surface area contributed by atoms with Gasteiger partial charge >= 0.3 is 0 Å². The standard InChI is InChI=1S/C20H22FN5O5/c21-12-3-1-2-4-13(12)30-8-14-16(27)17(28)20(31-14)26-10-24-15-18(22-9-23-19(15)26)25-11-5-6-29-7-11/h1-4,9-11,14,16-17,20,27-28H,5-8H2,(H,22,23,25)/t11-,14-,16-,17-,20-/m1/s1. The van der Waals surface area contributed by atoms with Crippen LogP contribution in [-0.2, 0) is 9.47 Å².